The lowest BCUT2D eigenvalue weighted by Gasteiger charge is -2.15. The highest BCUT2D eigenvalue weighted by Crippen LogP contribution is 2.23. The van der Waals surface area contributed by atoms with Crippen molar-refractivity contribution in [2.24, 2.45) is 0 Å². The van der Waals surface area contributed by atoms with Crippen molar-refractivity contribution in [3.63, 3.8) is 0 Å². The van der Waals surface area contributed by atoms with E-state index in [1.165, 1.54) is 12.1 Å². The zero-order valence-corrected chi connectivity index (χ0v) is 16.4. The number of alkyl halides is 3. The number of benzene rings is 2. The Hall–Kier alpha value is -2.63. The van der Waals surface area contributed by atoms with Crippen LogP contribution >= 0.6 is 0 Å². The lowest BCUT2D eigenvalue weighted by atomic mass is 10.2. The van der Waals surface area contributed by atoms with Crippen LogP contribution in [0.3, 0.4) is 0 Å². The van der Waals surface area contributed by atoms with Gasteiger partial charge in [0.1, 0.15) is 17.6 Å². The Bertz CT molecular complexity index is 933. The number of hydrogen-bond acceptors (Lipinski definition) is 6. The molecule has 7 nitrogen and oxygen atoms in total. The number of sulfone groups is 1. The average molecular weight is 447 g/mol. The quantitative estimate of drug-likeness (QED) is 0.643. The molecule has 1 saturated heterocycles. The number of halogens is 3. The second-order valence-electron chi connectivity index (χ2n) is 6.36. The van der Waals surface area contributed by atoms with Gasteiger partial charge in [-0.1, -0.05) is 30.3 Å². The lowest BCUT2D eigenvalue weighted by Crippen LogP contribution is -2.32. The first-order valence-electron chi connectivity index (χ1n) is 8.71. The molecule has 1 aliphatic rings. The van der Waals surface area contributed by atoms with Crippen LogP contribution < -0.4 is 10.1 Å². The van der Waals surface area contributed by atoms with Crippen LogP contribution in [0.1, 0.15) is 5.56 Å². The molecule has 3 rings (SSSR count). The number of aliphatic carboxylic acids is 1. The standard InChI is InChI=1S/C17H19NO4S.C2HF3O2/c19-16-10-18-11-17(16)23(20,21)15-8-6-14(7-9-15)22-12-13-4-2-1-3-5-13;3-2(4,5)1(6)7/h1-9,16-19H,10-12H2;(H,6,7). The molecule has 0 aromatic heterocycles. The molecule has 0 spiro atoms. The van der Waals surface area contributed by atoms with Crippen molar-refractivity contribution in [3.8, 4) is 5.75 Å². The molecular weight excluding hydrogens is 427 g/mol. The topological polar surface area (TPSA) is 113 Å². The minimum atomic E-state index is -5.08. The summed E-state index contributed by atoms with van der Waals surface area (Å²) in [5.41, 5.74) is 1.05. The largest absolute Gasteiger partial charge is 0.490 e. The van der Waals surface area contributed by atoms with Gasteiger partial charge in [-0.15, -0.1) is 0 Å². The fourth-order valence-corrected chi connectivity index (χ4v) is 4.31. The van der Waals surface area contributed by atoms with E-state index in [-0.39, 0.29) is 11.4 Å². The van der Waals surface area contributed by atoms with Gasteiger partial charge in [-0.3, -0.25) is 0 Å². The number of aliphatic hydroxyl groups excluding tert-OH is 1. The summed E-state index contributed by atoms with van der Waals surface area (Å²) in [5.74, 6) is -2.15. The molecule has 1 aliphatic heterocycles. The van der Waals surface area contributed by atoms with Gasteiger partial charge in [-0.25, -0.2) is 13.2 Å². The van der Waals surface area contributed by atoms with Crippen molar-refractivity contribution >= 4 is 15.8 Å². The number of carboxylic acids is 1. The molecule has 30 heavy (non-hydrogen) atoms. The molecule has 0 saturated carbocycles. The average Bonchev–Trinajstić information content (AvgIpc) is 3.14. The minimum absolute atomic E-state index is 0.206. The van der Waals surface area contributed by atoms with E-state index in [0.717, 1.165) is 5.56 Å². The number of rotatable bonds is 5. The number of β-amino-alcohol motifs (C(OH)–C–C–N with tert-alkyl or cyclic N) is 1. The summed E-state index contributed by atoms with van der Waals surface area (Å²) in [6, 6.07) is 16.1. The maximum Gasteiger partial charge on any atom is 0.490 e. The number of nitrogens with one attached hydrogen (secondary N) is 1. The Labute approximate surface area is 171 Å². The van der Waals surface area contributed by atoms with E-state index in [0.29, 0.717) is 18.9 Å². The first kappa shape index (κ1) is 23.6. The van der Waals surface area contributed by atoms with E-state index >= 15 is 0 Å². The Morgan fingerprint density at radius 2 is 1.63 bits per heavy atom. The number of hydrogen-bond donors (Lipinski definition) is 3. The van der Waals surface area contributed by atoms with Crippen LogP contribution in [0.4, 0.5) is 13.2 Å². The van der Waals surface area contributed by atoms with Gasteiger partial charge in [0.05, 0.1) is 11.0 Å². The Morgan fingerprint density at radius 3 is 2.10 bits per heavy atom. The van der Waals surface area contributed by atoms with Gasteiger partial charge in [0.2, 0.25) is 0 Å². The molecule has 0 aliphatic carbocycles. The van der Waals surface area contributed by atoms with Crippen LogP contribution in [0, 0.1) is 0 Å². The first-order valence-corrected chi connectivity index (χ1v) is 10.3. The van der Waals surface area contributed by atoms with E-state index in [2.05, 4.69) is 5.32 Å². The SMILES string of the molecule is O=C(O)C(F)(F)F.O=S(=O)(c1ccc(OCc2ccccc2)cc1)C1CNCC1O. The second kappa shape index (κ2) is 9.92. The van der Waals surface area contributed by atoms with Crippen LogP contribution in [0.2, 0.25) is 0 Å². The number of carboxylic acid groups (broad SMARTS) is 1. The second-order valence-corrected chi connectivity index (χ2v) is 8.52. The van der Waals surface area contributed by atoms with Crippen LogP contribution in [0.5, 0.6) is 5.75 Å². The number of aliphatic hydroxyl groups is 1. The normalized spacial score (nSPS) is 18.9. The monoisotopic (exact) mass is 447 g/mol. The van der Waals surface area contributed by atoms with Crippen molar-refractivity contribution in [1.82, 2.24) is 5.32 Å². The molecule has 2 aromatic carbocycles. The van der Waals surface area contributed by atoms with Crippen LogP contribution in [0.25, 0.3) is 0 Å². The predicted molar refractivity (Wildman–Crippen MR) is 101 cm³/mol. The Balaban J connectivity index is 0.000000396. The molecule has 0 radical (unpaired) electrons. The van der Waals surface area contributed by atoms with Crippen molar-refractivity contribution in [3.05, 3.63) is 60.2 Å². The molecule has 0 bridgehead atoms. The molecule has 2 aromatic rings. The Kier molecular flexibility index (Phi) is 7.82. The molecule has 0 amide bonds. The highest BCUT2D eigenvalue weighted by atomic mass is 32.2. The Morgan fingerprint density at radius 1 is 1.07 bits per heavy atom. The highest BCUT2D eigenvalue weighted by Gasteiger charge is 2.38. The first-order chi connectivity index (χ1) is 14.0. The molecule has 164 valence electrons. The van der Waals surface area contributed by atoms with Crippen LogP contribution in [-0.4, -0.2) is 55.2 Å². The summed E-state index contributed by atoms with van der Waals surface area (Å²) in [6.07, 6.45) is -5.95. The van der Waals surface area contributed by atoms with Crippen molar-refractivity contribution in [2.75, 3.05) is 13.1 Å². The predicted octanol–water partition coefficient (Wildman–Crippen LogP) is 2.01. The summed E-state index contributed by atoms with van der Waals surface area (Å²) in [6.45, 7) is 1.01. The van der Waals surface area contributed by atoms with Gasteiger partial charge in [-0.2, -0.15) is 13.2 Å². The number of ether oxygens (including phenoxy) is 1. The summed E-state index contributed by atoms with van der Waals surface area (Å²) in [4.78, 5) is 9.10. The van der Waals surface area contributed by atoms with Crippen molar-refractivity contribution in [2.45, 2.75) is 29.0 Å². The minimum Gasteiger partial charge on any atom is -0.489 e. The van der Waals surface area contributed by atoms with E-state index < -0.39 is 33.3 Å². The maximum atomic E-state index is 12.5. The fourth-order valence-electron chi connectivity index (χ4n) is 2.60. The van der Waals surface area contributed by atoms with Gasteiger partial charge >= 0.3 is 12.1 Å². The van der Waals surface area contributed by atoms with Gasteiger partial charge in [0.25, 0.3) is 0 Å². The lowest BCUT2D eigenvalue weighted by molar-refractivity contribution is -0.192. The summed E-state index contributed by atoms with van der Waals surface area (Å²) in [7, 11) is -3.54. The molecule has 1 fully saturated rings. The van der Waals surface area contributed by atoms with Crippen LogP contribution in [-0.2, 0) is 21.2 Å². The maximum absolute atomic E-state index is 12.5. The van der Waals surface area contributed by atoms with E-state index in [4.69, 9.17) is 14.6 Å². The molecule has 2 atom stereocenters. The number of carbonyl (C=O) groups is 1. The summed E-state index contributed by atoms with van der Waals surface area (Å²) >= 11 is 0. The molecule has 3 N–H and O–H groups in total. The fraction of sp³-hybridized carbons (Fsp3) is 0.316. The van der Waals surface area contributed by atoms with Gasteiger partial charge in [-0.05, 0) is 29.8 Å². The van der Waals surface area contributed by atoms with Crippen molar-refractivity contribution < 1.29 is 41.3 Å². The smallest absolute Gasteiger partial charge is 0.489 e. The molecular formula is C19H20F3NO6S. The van der Waals surface area contributed by atoms with Crippen LogP contribution in [0.15, 0.2) is 59.5 Å². The molecule has 1 heterocycles. The molecule has 2 unspecified atom stereocenters. The van der Waals surface area contributed by atoms with E-state index in [1.54, 1.807) is 12.1 Å². The van der Waals surface area contributed by atoms with E-state index in [1.807, 2.05) is 30.3 Å². The zero-order chi connectivity index (χ0) is 22.4. The van der Waals surface area contributed by atoms with Crippen molar-refractivity contribution in [1.29, 1.82) is 0 Å². The van der Waals surface area contributed by atoms with Gasteiger partial charge in [0, 0.05) is 13.1 Å². The van der Waals surface area contributed by atoms with E-state index in [9.17, 15) is 26.7 Å². The van der Waals surface area contributed by atoms with Gasteiger partial charge < -0.3 is 20.3 Å². The third-order valence-electron chi connectivity index (χ3n) is 4.17. The third-order valence-corrected chi connectivity index (χ3v) is 6.38. The third kappa shape index (κ3) is 6.44. The van der Waals surface area contributed by atoms with Gasteiger partial charge in [0.15, 0.2) is 9.84 Å². The summed E-state index contributed by atoms with van der Waals surface area (Å²) in [5, 5.41) is 19.0. The molecule has 11 heteroatoms. The summed E-state index contributed by atoms with van der Waals surface area (Å²) < 4.78 is 62.4. The highest BCUT2D eigenvalue weighted by molar-refractivity contribution is 7.92. The zero-order valence-electron chi connectivity index (χ0n) is 15.5.